The molecular formula is C38H20N4OPtS-2. The van der Waals surface area contributed by atoms with Crippen LogP contribution in [0.5, 0.6) is 11.5 Å². The van der Waals surface area contributed by atoms with E-state index in [4.69, 9.17) is 9.72 Å². The Morgan fingerprint density at radius 1 is 0.711 bits per heavy atom. The first-order valence-electron chi connectivity index (χ1n) is 14.4. The number of ether oxygens (including phenoxy) is 1. The summed E-state index contributed by atoms with van der Waals surface area (Å²) in [5.74, 6) is 2.06. The molecule has 10 rings (SSSR count). The normalized spacial score (nSPS) is 11.8. The van der Waals surface area contributed by atoms with Gasteiger partial charge in [0.05, 0.1) is 11.2 Å². The van der Waals surface area contributed by atoms with Gasteiger partial charge in [0.25, 0.3) is 0 Å². The van der Waals surface area contributed by atoms with E-state index in [0.29, 0.717) is 11.5 Å². The van der Waals surface area contributed by atoms with Gasteiger partial charge in [0, 0.05) is 76.8 Å². The molecule has 0 spiro atoms. The number of benzene rings is 5. The Bertz CT molecular complexity index is 2760. The van der Waals surface area contributed by atoms with Crippen LogP contribution in [0.15, 0.2) is 122 Å². The molecule has 0 radical (unpaired) electrons. The second kappa shape index (κ2) is 10.00. The smallest absolute Gasteiger partial charge is 0.135 e. The van der Waals surface area contributed by atoms with Crippen LogP contribution in [0.1, 0.15) is 0 Å². The van der Waals surface area contributed by atoms with E-state index >= 15 is 0 Å². The van der Waals surface area contributed by atoms with Crippen molar-refractivity contribution in [3.63, 3.8) is 0 Å². The topological polar surface area (TPSA) is 45.3 Å². The van der Waals surface area contributed by atoms with Gasteiger partial charge in [0.2, 0.25) is 0 Å². The zero-order valence-electron chi connectivity index (χ0n) is 23.5. The molecule has 7 heteroatoms. The number of para-hydroxylation sites is 1. The number of pyridine rings is 2. The molecule has 0 aliphatic rings. The average molecular weight is 776 g/mol. The molecule has 5 nitrogen and oxygen atoms in total. The van der Waals surface area contributed by atoms with E-state index in [2.05, 4.69) is 98.9 Å². The number of imidazole rings is 1. The first-order valence-corrected chi connectivity index (χ1v) is 15.2. The minimum absolute atomic E-state index is 0. The summed E-state index contributed by atoms with van der Waals surface area (Å²) in [5.41, 5.74) is 4.02. The van der Waals surface area contributed by atoms with Crippen LogP contribution in [0.3, 0.4) is 0 Å². The quantitative estimate of drug-likeness (QED) is 0.102. The molecule has 0 fully saturated rings. The van der Waals surface area contributed by atoms with Crippen LogP contribution >= 0.6 is 11.3 Å². The van der Waals surface area contributed by atoms with Crippen molar-refractivity contribution < 1.29 is 30.2 Å². The summed E-state index contributed by atoms with van der Waals surface area (Å²) in [5, 5.41) is 7.90. The molecule has 0 saturated heterocycles. The third kappa shape index (κ3) is 3.83. The molecule has 0 aliphatic heterocycles. The third-order valence-corrected chi connectivity index (χ3v) is 9.62. The molecule has 0 unspecified atom stereocenters. The minimum atomic E-state index is 0. The van der Waals surface area contributed by atoms with Crippen molar-refractivity contribution in [2.45, 2.75) is 0 Å². The summed E-state index contributed by atoms with van der Waals surface area (Å²) in [6.45, 7) is 0. The third-order valence-electron chi connectivity index (χ3n) is 8.49. The molecular weight excluding hydrogens is 756 g/mol. The second-order valence-electron chi connectivity index (χ2n) is 10.9. The van der Waals surface area contributed by atoms with E-state index in [9.17, 15) is 0 Å². The molecule has 0 atom stereocenters. The van der Waals surface area contributed by atoms with Gasteiger partial charge in [-0.25, -0.2) is 4.98 Å². The van der Waals surface area contributed by atoms with Crippen molar-refractivity contribution in [1.29, 1.82) is 0 Å². The molecule has 45 heavy (non-hydrogen) atoms. The van der Waals surface area contributed by atoms with Gasteiger partial charge >= 0.3 is 0 Å². The monoisotopic (exact) mass is 775 g/mol. The Kier molecular flexibility index (Phi) is 5.86. The van der Waals surface area contributed by atoms with Crippen LogP contribution in [-0.2, 0) is 21.1 Å². The molecule has 5 aromatic carbocycles. The van der Waals surface area contributed by atoms with Gasteiger partial charge in [-0.1, -0.05) is 70.9 Å². The number of nitrogens with zero attached hydrogens (tertiary/aromatic N) is 4. The van der Waals surface area contributed by atoms with Crippen molar-refractivity contribution >= 4 is 80.6 Å². The molecule has 216 valence electrons. The first-order chi connectivity index (χ1) is 21.8. The Morgan fingerprint density at radius 2 is 1.49 bits per heavy atom. The van der Waals surface area contributed by atoms with Crippen LogP contribution in [0, 0.1) is 12.1 Å². The summed E-state index contributed by atoms with van der Waals surface area (Å²) in [6, 6.07) is 42.8. The molecule has 5 aromatic heterocycles. The molecule has 0 aliphatic carbocycles. The van der Waals surface area contributed by atoms with Gasteiger partial charge in [-0.05, 0) is 41.1 Å². The molecule has 0 amide bonds. The van der Waals surface area contributed by atoms with E-state index in [-0.39, 0.29) is 21.1 Å². The largest absolute Gasteiger partial charge is 0.503 e. The van der Waals surface area contributed by atoms with Gasteiger partial charge in [0.1, 0.15) is 5.82 Å². The molecule has 0 saturated carbocycles. The van der Waals surface area contributed by atoms with Crippen LogP contribution in [-0.4, -0.2) is 9.55 Å². The van der Waals surface area contributed by atoms with Crippen molar-refractivity contribution in [3.8, 4) is 17.3 Å². The summed E-state index contributed by atoms with van der Waals surface area (Å²) in [7, 11) is 0. The maximum atomic E-state index is 6.48. The summed E-state index contributed by atoms with van der Waals surface area (Å²) >= 11 is 1.82. The zero-order chi connectivity index (χ0) is 28.8. The molecule has 0 bridgehead atoms. The molecule has 0 N–H and O–H groups in total. The van der Waals surface area contributed by atoms with Crippen LogP contribution in [0.2, 0.25) is 0 Å². The maximum Gasteiger partial charge on any atom is 0.135 e. The standard InChI is InChI=1S/C38H20N4OS.Pt/c1-3-9-31-26(7-1)25-14-12-23(21-30(25)38-40-19-20-41(31)38)43-24-13-15-27-28-16-17-34-36(29-8-2-4-10-33(29)44-34)37(28)42(32(27)22-24)35-11-5-6-18-39-35;/h1-20H;/q-2;. The number of aromatic nitrogens is 4. The maximum absolute atomic E-state index is 6.48. The SMILES string of the molecule is [Pt].[c-]1c(Oc2[c-]c3c(cc2)c2ccc4sc5ccccc5c4c2n3-c2ccccn2)ccc2c1c1[n-]cc[n+]1c1ccccc21. The zero-order valence-corrected chi connectivity index (χ0v) is 26.6. The van der Waals surface area contributed by atoms with Gasteiger partial charge in [-0.3, -0.25) is 4.98 Å². The van der Waals surface area contributed by atoms with Crippen LogP contribution in [0.4, 0.5) is 0 Å². The van der Waals surface area contributed by atoms with Crippen molar-refractivity contribution in [1.82, 2.24) is 14.5 Å². The summed E-state index contributed by atoms with van der Waals surface area (Å²) in [6.07, 6.45) is 5.65. The fourth-order valence-electron chi connectivity index (χ4n) is 6.64. The Morgan fingerprint density at radius 3 is 2.38 bits per heavy atom. The number of thiophene rings is 1. The summed E-state index contributed by atoms with van der Waals surface area (Å²) < 4.78 is 13.3. The number of hydrogen-bond acceptors (Lipinski definition) is 3. The minimum Gasteiger partial charge on any atom is -0.503 e. The van der Waals surface area contributed by atoms with Crippen molar-refractivity contribution in [2.75, 3.05) is 0 Å². The molecule has 5 heterocycles. The Labute approximate surface area is 275 Å². The van der Waals surface area contributed by atoms with E-state index in [0.717, 1.165) is 54.9 Å². The van der Waals surface area contributed by atoms with Gasteiger partial charge in [-0.15, -0.1) is 41.0 Å². The predicted octanol–water partition coefficient (Wildman–Crippen LogP) is 8.94. The van der Waals surface area contributed by atoms with Crippen LogP contribution < -0.4 is 14.1 Å². The predicted molar refractivity (Wildman–Crippen MR) is 177 cm³/mol. The first kappa shape index (κ1) is 26.4. The van der Waals surface area contributed by atoms with E-state index in [1.807, 2.05) is 60.3 Å². The fourth-order valence-corrected chi connectivity index (χ4v) is 7.75. The van der Waals surface area contributed by atoms with Gasteiger partial charge in [0.15, 0.2) is 0 Å². The number of fused-ring (bicyclic) bond motifs is 13. The average Bonchev–Trinajstić information content (AvgIpc) is 3.79. The Balaban J connectivity index is 0.00000281. The molecule has 10 aromatic rings. The Hall–Kier alpha value is -5.03. The van der Waals surface area contributed by atoms with Gasteiger partial charge < -0.3 is 13.7 Å². The van der Waals surface area contributed by atoms with Crippen molar-refractivity contribution in [3.05, 3.63) is 134 Å². The van der Waals surface area contributed by atoms with E-state index in [1.54, 1.807) is 0 Å². The fraction of sp³-hybridized carbons (Fsp3) is 0. The number of hydrogen-bond donors (Lipinski definition) is 0. The van der Waals surface area contributed by atoms with E-state index in [1.165, 1.54) is 20.2 Å². The van der Waals surface area contributed by atoms with E-state index < -0.39 is 0 Å². The van der Waals surface area contributed by atoms with Gasteiger partial charge in [-0.2, -0.15) is 6.07 Å². The summed E-state index contributed by atoms with van der Waals surface area (Å²) in [4.78, 5) is 9.44. The number of rotatable bonds is 3. The van der Waals surface area contributed by atoms with Crippen molar-refractivity contribution in [2.24, 2.45) is 0 Å². The van der Waals surface area contributed by atoms with Crippen LogP contribution in [0.25, 0.3) is 75.1 Å². The second-order valence-corrected chi connectivity index (χ2v) is 12.0.